The zero-order valence-electron chi connectivity index (χ0n) is 12.6. The number of nitrogens with one attached hydrogen (secondary N) is 2. The Bertz CT molecular complexity index is 314. The maximum absolute atomic E-state index is 12.5. The van der Waals surface area contributed by atoms with Crippen LogP contribution in [-0.4, -0.2) is 25.5 Å². The van der Waals surface area contributed by atoms with Crippen molar-refractivity contribution in [3.8, 4) is 0 Å². The molecular formula is C15H29ClN2O. The molecule has 2 N–H and O–H groups in total. The summed E-state index contributed by atoms with van der Waals surface area (Å²) in [4.78, 5) is 12.5. The Morgan fingerprint density at radius 3 is 2.79 bits per heavy atom. The summed E-state index contributed by atoms with van der Waals surface area (Å²) in [6.45, 7) is 9.40. The molecule has 2 aliphatic rings. The fourth-order valence-electron chi connectivity index (χ4n) is 3.42. The SMILES string of the molecule is CC(C)(C)CCNC(=O)[C@@]12CCCC[C@H]1CNC2.Cl. The molecule has 1 saturated carbocycles. The van der Waals surface area contributed by atoms with E-state index in [-0.39, 0.29) is 17.8 Å². The summed E-state index contributed by atoms with van der Waals surface area (Å²) in [6.07, 6.45) is 5.85. The Kier molecular flexibility index (Phi) is 5.69. The highest BCUT2D eigenvalue weighted by molar-refractivity contribution is 5.85. The van der Waals surface area contributed by atoms with E-state index in [0.29, 0.717) is 17.2 Å². The zero-order chi connectivity index (χ0) is 13.2. The van der Waals surface area contributed by atoms with Gasteiger partial charge in [0, 0.05) is 13.1 Å². The Morgan fingerprint density at radius 1 is 1.37 bits per heavy atom. The first-order valence-electron chi connectivity index (χ1n) is 7.43. The lowest BCUT2D eigenvalue weighted by Gasteiger charge is -2.37. The second kappa shape index (κ2) is 6.45. The van der Waals surface area contributed by atoms with Gasteiger partial charge in [-0.15, -0.1) is 12.4 Å². The molecule has 2 atom stereocenters. The number of hydrogen-bond donors (Lipinski definition) is 2. The van der Waals surface area contributed by atoms with Crippen LogP contribution in [0.1, 0.15) is 52.9 Å². The third kappa shape index (κ3) is 3.85. The smallest absolute Gasteiger partial charge is 0.227 e. The minimum absolute atomic E-state index is 0. The number of amides is 1. The topological polar surface area (TPSA) is 41.1 Å². The van der Waals surface area contributed by atoms with Gasteiger partial charge in [0.25, 0.3) is 0 Å². The number of fused-ring (bicyclic) bond motifs is 1. The van der Waals surface area contributed by atoms with Crippen LogP contribution in [0.5, 0.6) is 0 Å². The van der Waals surface area contributed by atoms with Crippen LogP contribution in [-0.2, 0) is 4.79 Å². The first kappa shape index (κ1) is 16.8. The van der Waals surface area contributed by atoms with Gasteiger partial charge in [0.15, 0.2) is 0 Å². The number of carbonyl (C=O) groups is 1. The monoisotopic (exact) mass is 288 g/mol. The second-order valence-electron chi connectivity index (χ2n) is 7.30. The predicted molar refractivity (Wildman–Crippen MR) is 81.6 cm³/mol. The highest BCUT2D eigenvalue weighted by Crippen LogP contribution is 2.43. The molecule has 1 amide bonds. The Labute approximate surface area is 123 Å². The van der Waals surface area contributed by atoms with E-state index >= 15 is 0 Å². The van der Waals surface area contributed by atoms with Crippen molar-refractivity contribution in [2.24, 2.45) is 16.7 Å². The molecule has 1 aliphatic carbocycles. The van der Waals surface area contributed by atoms with Gasteiger partial charge < -0.3 is 10.6 Å². The van der Waals surface area contributed by atoms with Gasteiger partial charge in [-0.1, -0.05) is 33.6 Å². The molecule has 2 fully saturated rings. The Balaban J connectivity index is 0.00000180. The van der Waals surface area contributed by atoms with Crippen LogP contribution in [0.2, 0.25) is 0 Å². The third-order valence-corrected chi connectivity index (χ3v) is 4.65. The molecular weight excluding hydrogens is 260 g/mol. The van der Waals surface area contributed by atoms with Crippen LogP contribution >= 0.6 is 12.4 Å². The van der Waals surface area contributed by atoms with E-state index in [1.54, 1.807) is 0 Å². The number of hydrogen-bond acceptors (Lipinski definition) is 2. The second-order valence-corrected chi connectivity index (χ2v) is 7.30. The lowest BCUT2D eigenvalue weighted by Crippen LogP contribution is -2.48. The van der Waals surface area contributed by atoms with Crippen molar-refractivity contribution in [2.45, 2.75) is 52.9 Å². The van der Waals surface area contributed by atoms with Gasteiger partial charge >= 0.3 is 0 Å². The molecule has 0 aromatic carbocycles. The quantitative estimate of drug-likeness (QED) is 0.838. The van der Waals surface area contributed by atoms with E-state index in [2.05, 4.69) is 31.4 Å². The number of carbonyl (C=O) groups excluding carboxylic acids is 1. The van der Waals surface area contributed by atoms with Crippen molar-refractivity contribution in [3.05, 3.63) is 0 Å². The third-order valence-electron chi connectivity index (χ3n) is 4.65. The first-order chi connectivity index (χ1) is 8.44. The van der Waals surface area contributed by atoms with Crippen molar-refractivity contribution in [3.63, 3.8) is 0 Å². The summed E-state index contributed by atoms with van der Waals surface area (Å²) in [5.74, 6) is 0.877. The van der Waals surface area contributed by atoms with Crippen molar-refractivity contribution >= 4 is 18.3 Å². The maximum atomic E-state index is 12.5. The highest BCUT2D eigenvalue weighted by atomic mass is 35.5. The molecule has 0 aromatic rings. The minimum atomic E-state index is -0.0872. The van der Waals surface area contributed by atoms with Crippen LogP contribution in [0.25, 0.3) is 0 Å². The molecule has 1 saturated heterocycles. The van der Waals surface area contributed by atoms with Crippen LogP contribution in [0, 0.1) is 16.7 Å². The summed E-state index contributed by atoms with van der Waals surface area (Å²) in [5, 5.41) is 6.62. The average molecular weight is 289 g/mol. The van der Waals surface area contributed by atoms with Gasteiger partial charge in [-0.2, -0.15) is 0 Å². The first-order valence-corrected chi connectivity index (χ1v) is 7.43. The summed E-state index contributed by atoms with van der Waals surface area (Å²) in [7, 11) is 0. The molecule has 2 rings (SSSR count). The van der Waals surface area contributed by atoms with Gasteiger partial charge in [-0.05, 0) is 37.1 Å². The van der Waals surface area contributed by atoms with Crippen LogP contribution < -0.4 is 10.6 Å². The number of rotatable bonds is 3. The lowest BCUT2D eigenvalue weighted by atomic mass is 9.67. The van der Waals surface area contributed by atoms with E-state index in [1.807, 2.05) is 0 Å². The van der Waals surface area contributed by atoms with E-state index in [0.717, 1.165) is 32.5 Å². The van der Waals surface area contributed by atoms with Crippen LogP contribution in [0.3, 0.4) is 0 Å². The predicted octanol–water partition coefficient (Wildman–Crippen LogP) is 2.74. The minimum Gasteiger partial charge on any atom is -0.356 e. The van der Waals surface area contributed by atoms with Gasteiger partial charge in [0.2, 0.25) is 5.91 Å². The van der Waals surface area contributed by atoms with E-state index in [1.165, 1.54) is 19.3 Å². The highest BCUT2D eigenvalue weighted by Gasteiger charge is 2.49. The largest absolute Gasteiger partial charge is 0.356 e. The van der Waals surface area contributed by atoms with Crippen molar-refractivity contribution in [1.29, 1.82) is 0 Å². The summed E-state index contributed by atoms with van der Waals surface area (Å²) in [6, 6.07) is 0. The molecule has 19 heavy (non-hydrogen) atoms. The lowest BCUT2D eigenvalue weighted by molar-refractivity contribution is -0.134. The Morgan fingerprint density at radius 2 is 2.11 bits per heavy atom. The fourth-order valence-corrected chi connectivity index (χ4v) is 3.42. The molecule has 0 aromatic heterocycles. The molecule has 112 valence electrons. The molecule has 0 radical (unpaired) electrons. The van der Waals surface area contributed by atoms with Gasteiger partial charge in [0.05, 0.1) is 5.41 Å². The zero-order valence-corrected chi connectivity index (χ0v) is 13.4. The van der Waals surface area contributed by atoms with E-state index < -0.39 is 0 Å². The molecule has 0 spiro atoms. The van der Waals surface area contributed by atoms with Gasteiger partial charge in [-0.25, -0.2) is 0 Å². The van der Waals surface area contributed by atoms with Gasteiger partial charge in [-0.3, -0.25) is 4.79 Å². The fraction of sp³-hybridized carbons (Fsp3) is 0.933. The van der Waals surface area contributed by atoms with Crippen LogP contribution in [0.15, 0.2) is 0 Å². The molecule has 0 unspecified atom stereocenters. The van der Waals surface area contributed by atoms with Gasteiger partial charge in [0.1, 0.15) is 0 Å². The average Bonchev–Trinajstić information content (AvgIpc) is 2.71. The Hall–Kier alpha value is -0.280. The van der Waals surface area contributed by atoms with Crippen molar-refractivity contribution < 1.29 is 4.79 Å². The molecule has 4 heteroatoms. The van der Waals surface area contributed by atoms with E-state index in [9.17, 15) is 4.79 Å². The molecule has 0 bridgehead atoms. The standard InChI is InChI=1S/C15H28N2O.ClH/c1-14(2,3)8-9-17-13(18)15-7-5-4-6-12(15)10-16-11-15;/h12,16H,4-11H2,1-3H3,(H,17,18);1H/t12-,15+;/m0./s1. The van der Waals surface area contributed by atoms with E-state index in [4.69, 9.17) is 0 Å². The summed E-state index contributed by atoms with van der Waals surface area (Å²) in [5.41, 5.74) is 0.209. The normalized spacial score (nSPS) is 30.4. The van der Waals surface area contributed by atoms with Crippen LogP contribution in [0.4, 0.5) is 0 Å². The summed E-state index contributed by atoms with van der Waals surface area (Å²) >= 11 is 0. The summed E-state index contributed by atoms with van der Waals surface area (Å²) < 4.78 is 0. The molecule has 1 heterocycles. The number of halogens is 1. The van der Waals surface area contributed by atoms with Crippen molar-refractivity contribution in [2.75, 3.05) is 19.6 Å². The maximum Gasteiger partial charge on any atom is 0.227 e. The van der Waals surface area contributed by atoms with Crippen molar-refractivity contribution in [1.82, 2.24) is 10.6 Å². The molecule has 1 aliphatic heterocycles. The molecule has 3 nitrogen and oxygen atoms in total.